The zero-order valence-corrected chi connectivity index (χ0v) is 25.7. The highest BCUT2D eigenvalue weighted by Crippen LogP contribution is 2.52. The summed E-state index contributed by atoms with van der Waals surface area (Å²) >= 11 is 0. The predicted molar refractivity (Wildman–Crippen MR) is 160 cm³/mol. The standard InChI is InChI=1S/C31H41N2O10P/c1-2-3-19-27(41-28(34)24-15-8-5-9-16-24)44(38,39)43-26(30(36)42-29(35)25-17-12-21-32-25)18-10-11-20-33-31(37)40-22-23-13-6-4-7-14-23/h4-9,13-16,25-27,32H,2-3,10-12,17-22H2,1H3,(H,33,37)(H,38,39)/t25-,26?,27?/m0/s1. The maximum Gasteiger partial charge on any atom is 0.407 e. The van der Waals surface area contributed by atoms with Gasteiger partial charge in [-0.3, -0.25) is 9.09 Å². The molecule has 12 nitrogen and oxygen atoms in total. The summed E-state index contributed by atoms with van der Waals surface area (Å²) in [5.74, 6) is -4.26. The van der Waals surface area contributed by atoms with Crippen molar-refractivity contribution in [1.82, 2.24) is 10.6 Å². The van der Waals surface area contributed by atoms with Crippen molar-refractivity contribution in [2.75, 3.05) is 13.1 Å². The zero-order valence-electron chi connectivity index (χ0n) is 24.9. The summed E-state index contributed by atoms with van der Waals surface area (Å²) in [6.07, 6.45) is 0.676. The SMILES string of the molecule is CCCCC(OC(=O)c1ccccc1)P(=O)(O)OC(CCCCNC(=O)OCc1ccccc1)C(=O)OC(=O)[C@@H]1CCCN1. The molecule has 3 rings (SSSR count). The minimum Gasteiger partial charge on any atom is -0.446 e. The molecule has 0 aromatic heterocycles. The highest BCUT2D eigenvalue weighted by molar-refractivity contribution is 7.53. The fourth-order valence-electron chi connectivity index (χ4n) is 4.44. The fraction of sp³-hybridized carbons (Fsp3) is 0.484. The average molecular weight is 633 g/mol. The molecular formula is C31H41N2O10P. The topological polar surface area (TPSA) is 167 Å². The number of alkyl carbamates (subject to hydrolysis) is 1. The van der Waals surface area contributed by atoms with Gasteiger partial charge in [-0.2, -0.15) is 0 Å². The van der Waals surface area contributed by atoms with Crippen LogP contribution < -0.4 is 10.6 Å². The molecule has 240 valence electrons. The zero-order chi connectivity index (χ0) is 31.8. The molecule has 2 aromatic carbocycles. The lowest BCUT2D eigenvalue weighted by atomic mass is 10.1. The van der Waals surface area contributed by atoms with Crippen molar-refractivity contribution in [2.45, 2.75) is 82.9 Å². The number of carbonyl (C=O) groups is 4. The van der Waals surface area contributed by atoms with Crippen molar-refractivity contribution >= 4 is 31.6 Å². The first-order valence-corrected chi connectivity index (χ1v) is 16.5. The molecular weight excluding hydrogens is 591 g/mol. The number of esters is 3. The van der Waals surface area contributed by atoms with E-state index < -0.39 is 49.6 Å². The molecule has 1 heterocycles. The molecule has 3 N–H and O–H groups in total. The second-order valence-electron chi connectivity index (χ2n) is 10.4. The Kier molecular flexibility index (Phi) is 14.5. The third kappa shape index (κ3) is 11.8. The van der Waals surface area contributed by atoms with Crippen molar-refractivity contribution in [3.8, 4) is 0 Å². The molecule has 1 amide bonds. The number of hydrogen-bond acceptors (Lipinski definition) is 10. The predicted octanol–water partition coefficient (Wildman–Crippen LogP) is 4.85. The van der Waals surface area contributed by atoms with E-state index in [2.05, 4.69) is 10.6 Å². The summed E-state index contributed by atoms with van der Waals surface area (Å²) in [6.45, 7) is 2.78. The van der Waals surface area contributed by atoms with Crippen molar-refractivity contribution < 1.29 is 47.4 Å². The van der Waals surface area contributed by atoms with Crippen LogP contribution in [0.1, 0.15) is 74.2 Å². The van der Waals surface area contributed by atoms with E-state index in [0.29, 0.717) is 32.2 Å². The summed E-state index contributed by atoms with van der Waals surface area (Å²) in [7, 11) is -4.76. The van der Waals surface area contributed by atoms with Gasteiger partial charge in [0.2, 0.25) is 5.85 Å². The summed E-state index contributed by atoms with van der Waals surface area (Å²) in [5.41, 5.74) is 1.03. The van der Waals surface area contributed by atoms with Crippen LogP contribution in [0.4, 0.5) is 4.79 Å². The summed E-state index contributed by atoms with van der Waals surface area (Å²) < 4.78 is 34.5. The van der Waals surface area contributed by atoms with Crippen LogP contribution >= 0.6 is 7.60 Å². The third-order valence-electron chi connectivity index (χ3n) is 6.88. The molecule has 0 saturated carbocycles. The molecule has 0 aliphatic carbocycles. The van der Waals surface area contributed by atoms with E-state index in [9.17, 15) is 28.6 Å². The Bertz CT molecular complexity index is 1250. The van der Waals surface area contributed by atoms with Gasteiger partial charge >= 0.3 is 31.6 Å². The molecule has 3 unspecified atom stereocenters. The lowest BCUT2D eigenvalue weighted by molar-refractivity contribution is -0.166. The summed E-state index contributed by atoms with van der Waals surface area (Å²) in [6, 6.07) is 16.5. The van der Waals surface area contributed by atoms with Crippen LogP contribution in [0.2, 0.25) is 0 Å². The van der Waals surface area contributed by atoms with Gasteiger partial charge in [0, 0.05) is 6.54 Å². The van der Waals surface area contributed by atoms with E-state index in [-0.39, 0.29) is 38.0 Å². The quantitative estimate of drug-likeness (QED) is 0.0717. The number of nitrogens with one attached hydrogen (secondary N) is 2. The Hall–Kier alpha value is -3.57. The van der Waals surface area contributed by atoms with E-state index in [0.717, 1.165) is 12.0 Å². The molecule has 1 fully saturated rings. The van der Waals surface area contributed by atoms with Gasteiger partial charge < -0.3 is 29.7 Å². The highest BCUT2D eigenvalue weighted by Gasteiger charge is 2.41. The van der Waals surface area contributed by atoms with E-state index in [1.165, 1.54) is 12.1 Å². The molecule has 2 aromatic rings. The van der Waals surface area contributed by atoms with Crippen LogP contribution in [0.25, 0.3) is 0 Å². The number of carbonyl (C=O) groups excluding carboxylic acids is 4. The largest absolute Gasteiger partial charge is 0.446 e. The van der Waals surface area contributed by atoms with E-state index in [1.54, 1.807) is 18.2 Å². The highest BCUT2D eigenvalue weighted by atomic mass is 31.2. The van der Waals surface area contributed by atoms with Gasteiger partial charge in [-0.15, -0.1) is 0 Å². The van der Waals surface area contributed by atoms with Crippen LogP contribution in [0.3, 0.4) is 0 Å². The molecule has 1 aliphatic rings. The molecule has 1 aliphatic heterocycles. The number of hydrogen-bond donors (Lipinski definition) is 3. The van der Waals surface area contributed by atoms with Gasteiger partial charge in [-0.1, -0.05) is 61.9 Å². The minimum absolute atomic E-state index is 0.0184. The number of ether oxygens (including phenoxy) is 3. The monoisotopic (exact) mass is 632 g/mol. The lowest BCUT2D eigenvalue weighted by Gasteiger charge is -2.26. The van der Waals surface area contributed by atoms with Crippen LogP contribution in [0.15, 0.2) is 60.7 Å². The average Bonchev–Trinajstić information content (AvgIpc) is 3.57. The Morgan fingerprint density at radius 1 is 1.00 bits per heavy atom. The molecule has 0 bridgehead atoms. The first-order valence-electron chi connectivity index (χ1n) is 14.9. The van der Waals surface area contributed by atoms with Crippen LogP contribution in [-0.2, 0) is 39.5 Å². The first kappa shape index (κ1) is 34.9. The fourth-order valence-corrected chi connectivity index (χ4v) is 5.87. The van der Waals surface area contributed by atoms with E-state index in [4.69, 9.17) is 18.7 Å². The Morgan fingerprint density at radius 3 is 2.36 bits per heavy atom. The van der Waals surface area contributed by atoms with Gasteiger partial charge in [0.05, 0.1) is 5.56 Å². The second kappa shape index (κ2) is 18.3. The van der Waals surface area contributed by atoms with Gasteiger partial charge in [-0.05, 0) is 69.2 Å². The number of rotatable bonds is 17. The minimum atomic E-state index is -4.76. The van der Waals surface area contributed by atoms with Gasteiger partial charge in [0.15, 0.2) is 6.10 Å². The van der Waals surface area contributed by atoms with Crippen LogP contribution in [-0.4, -0.2) is 60.0 Å². The third-order valence-corrected chi connectivity index (χ3v) is 8.53. The van der Waals surface area contributed by atoms with Crippen LogP contribution in [0, 0.1) is 0 Å². The van der Waals surface area contributed by atoms with Crippen molar-refractivity contribution in [2.24, 2.45) is 0 Å². The normalized spacial score (nSPS) is 17.1. The summed E-state index contributed by atoms with van der Waals surface area (Å²) in [5, 5.41) is 5.55. The van der Waals surface area contributed by atoms with E-state index >= 15 is 0 Å². The van der Waals surface area contributed by atoms with E-state index in [1.807, 2.05) is 37.3 Å². The molecule has 4 atom stereocenters. The smallest absolute Gasteiger partial charge is 0.407 e. The Balaban J connectivity index is 1.60. The van der Waals surface area contributed by atoms with Gasteiger partial charge in [0.1, 0.15) is 12.6 Å². The number of unbranched alkanes of at least 4 members (excludes halogenated alkanes) is 2. The maximum atomic E-state index is 13.5. The van der Waals surface area contributed by atoms with Crippen LogP contribution in [0.5, 0.6) is 0 Å². The second-order valence-corrected chi connectivity index (χ2v) is 12.3. The van der Waals surface area contributed by atoms with Crippen molar-refractivity contribution in [1.29, 1.82) is 0 Å². The molecule has 44 heavy (non-hydrogen) atoms. The molecule has 1 saturated heterocycles. The van der Waals surface area contributed by atoms with Gasteiger partial charge in [0.25, 0.3) is 0 Å². The maximum absolute atomic E-state index is 13.5. The first-order chi connectivity index (χ1) is 21.2. The lowest BCUT2D eigenvalue weighted by Crippen LogP contribution is -2.37. The van der Waals surface area contributed by atoms with Gasteiger partial charge in [-0.25, -0.2) is 19.2 Å². The molecule has 0 spiro atoms. The van der Waals surface area contributed by atoms with Crippen molar-refractivity contribution in [3.63, 3.8) is 0 Å². The number of benzene rings is 2. The Labute approximate surface area is 257 Å². The summed E-state index contributed by atoms with van der Waals surface area (Å²) in [4.78, 5) is 61.2. The van der Waals surface area contributed by atoms with Crippen molar-refractivity contribution in [3.05, 3.63) is 71.8 Å². The Morgan fingerprint density at radius 2 is 1.70 bits per heavy atom. The number of amides is 1. The molecule has 0 radical (unpaired) electrons. The molecule has 13 heteroatoms.